The van der Waals surface area contributed by atoms with E-state index in [9.17, 15) is 9.59 Å². The summed E-state index contributed by atoms with van der Waals surface area (Å²) in [7, 11) is 0. The van der Waals surface area contributed by atoms with Gasteiger partial charge in [0.2, 0.25) is 5.91 Å². The predicted octanol–water partition coefficient (Wildman–Crippen LogP) is 5.07. The second kappa shape index (κ2) is 9.27. The number of Topliss-reactive ketones (excluding diaryl/α,β-unsaturated/α-hetero) is 1. The molecule has 2 N–H and O–H groups in total. The Bertz CT molecular complexity index is 1340. The molecule has 3 aromatic carbocycles. The summed E-state index contributed by atoms with van der Waals surface area (Å²) in [5, 5.41) is 4.70. The van der Waals surface area contributed by atoms with Crippen LogP contribution in [0.15, 0.2) is 79.0 Å². The van der Waals surface area contributed by atoms with E-state index in [-0.39, 0.29) is 23.7 Å². The van der Waals surface area contributed by atoms with E-state index >= 15 is 0 Å². The Labute approximate surface area is 199 Å². The van der Waals surface area contributed by atoms with Crippen LogP contribution >= 0.6 is 0 Å². The first-order valence-corrected chi connectivity index (χ1v) is 11.8. The standard InChI is InChI=1S/C29H29N3O2/c1-19(29(34)23-12-13-28-22(16-23)14-15-32(28)20(2)33)30-17-25(21-8-4-3-5-9-21)26-18-31-27-11-7-6-10-24(26)27/h3-13,16,18-19,25,30-31H,14-15,17H2,1-2H3/t19-,25+/m0/s1. The summed E-state index contributed by atoms with van der Waals surface area (Å²) in [6.07, 6.45) is 2.87. The average Bonchev–Trinajstić information content (AvgIpc) is 3.48. The lowest BCUT2D eigenvalue weighted by atomic mass is 9.90. The molecule has 1 aliphatic heterocycles. The van der Waals surface area contributed by atoms with Crippen LogP contribution < -0.4 is 10.2 Å². The Morgan fingerprint density at radius 1 is 1.03 bits per heavy atom. The van der Waals surface area contributed by atoms with Crippen molar-refractivity contribution in [2.24, 2.45) is 0 Å². The number of amides is 1. The first-order valence-electron chi connectivity index (χ1n) is 11.8. The molecule has 0 saturated heterocycles. The van der Waals surface area contributed by atoms with Crippen LogP contribution in [0, 0.1) is 0 Å². The Morgan fingerprint density at radius 2 is 1.79 bits per heavy atom. The van der Waals surface area contributed by atoms with Gasteiger partial charge in [-0.15, -0.1) is 0 Å². The number of para-hydroxylation sites is 1. The van der Waals surface area contributed by atoms with Crippen LogP contribution in [-0.4, -0.2) is 35.8 Å². The van der Waals surface area contributed by atoms with E-state index in [2.05, 4.69) is 59.0 Å². The number of carbonyl (C=O) groups is 2. The largest absolute Gasteiger partial charge is 0.361 e. The van der Waals surface area contributed by atoms with Gasteiger partial charge in [0.15, 0.2) is 5.78 Å². The van der Waals surface area contributed by atoms with E-state index in [1.54, 1.807) is 11.8 Å². The zero-order valence-electron chi connectivity index (χ0n) is 19.5. The summed E-state index contributed by atoms with van der Waals surface area (Å²) in [6.45, 7) is 4.83. The topological polar surface area (TPSA) is 65.2 Å². The monoisotopic (exact) mass is 451 g/mol. The maximum atomic E-state index is 13.3. The van der Waals surface area contributed by atoms with Gasteiger partial charge in [-0.05, 0) is 54.3 Å². The number of hydrogen-bond acceptors (Lipinski definition) is 3. The molecule has 5 nitrogen and oxygen atoms in total. The van der Waals surface area contributed by atoms with Crippen molar-refractivity contribution in [2.45, 2.75) is 32.2 Å². The summed E-state index contributed by atoms with van der Waals surface area (Å²) in [5.74, 6) is 0.212. The van der Waals surface area contributed by atoms with Crippen molar-refractivity contribution in [2.75, 3.05) is 18.0 Å². The van der Waals surface area contributed by atoms with Gasteiger partial charge in [0.05, 0.1) is 6.04 Å². The van der Waals surface area contributed by atoms with E-state index in [1.807, 2.05) is 37.3 Å². The van der Waals surface area contributed by atoms with Gasteiger partial charge < -0.3 is 15.2 Å². The predicted molar refractivity (Wildman–Crippen MR) is 137 cm³/mol. The zero-order valence-corrected chi connectivity index (χ0v) is 19.5. The highest BCUT2D eigenvalue weighted by Gasteiger charge is 2.25. The average molecular weight is 452 g/mol. The fourth-order valence-corrected chi connectivity index (χ4v) is 4.99. The molecule has 0 aliphatic carbocycles. The number of nitrogens with one attached hydrogen (secondary N) is 2. The lowest BCUT2D eigenvalue weighted by molar-refractivity contribution is -0.116. The Hall–Kier alpha value is -3.70. The van der Waals surface area contributed by atoms with Gasteiger partial charge in [-0.3, -0.25) is 9.59 Å². The maximum absolute atomic E-state index is 13.3. The number of anilines is 1. The van der Waals surface area contributed by atoms with E-state index in [0.717, 1.165) is 23.2 Å². The van der Waals surface area contributed by atoms with E-state index in [0.29, 0.717) is 18.7 Å². The molecule has 5 heteroatoms. The number of ketones is 1. The van der Waals surface area contributed by atoms with Gasteiger partial charge in [0, 0.05) is 54.3 Å². The van der Waals surface area contributed by atoms with Crippen LogP contribution in [0.1, 0.15) is 46.8 Å². The molecule has 5 rings (SSSR count). The van der Waals surface area contributed by atoms with E-state index in [1.165, 1.54) is 16.5 Å². The molecule has 2 heterocycles. The highest BCUT2D eigenvalue weighted by atomic mass is 16.2. The van der Waals surface area contributed by atoms with Crippen LogP contribution in [0.2, 0.25) is 0 Å². The van der Waals surface area contributed by atoms with Crippen molar-refractivity contribution < 1.29 is 9.59 Å². The quantitative estimate of drug-likeness (QED) is 0.386. The molecule has 34 heavy (non-hydrogen) atoms. The number of fused-ring (bicyclic) bond motifs is 2. The van der Waals surface area contributed by atoms with Crippen molar-refractivity contribution >= 4 is 28.3 Å². The van der Waals surface area contributed by atoms with Gasteiger partial charge in [-0.25, -0.2) is 0 Å². The highest BCUT2D eigenvalue weighted by Crippen LogP contribution is 2.31. The highest BCUT2D eigenvalue weighted by molar-refractivity contribution is 6.01. The first-order chi connectivity index (χ1) is 16.5. The number of H-pyrrole nitrogens is 1. The number of hydrogen-bond donors (Lipinski definition) is 2. The summed E-state index contributed by atoms with van der Waals surface area (Å²) in [5.41, 5.74) is 6.22. The Balaban J connectivity index is 1.36. The van der Waals surface area contributed by atoms with Crippen LogP contribution in [0.4, 0.5) is 5.69 Å². The molecule has 0 saturated carbocycles. The minimum absolute atomic E-state index is 0.0390. The second-order valence-corrected chi connectivity index (χ2v) is 9.01. The van der Waals surface area contributed by atoms with Crippen molar-refractivity contribution in [1.82, 2.24) is 10.3 Å². The molecule has 0 radical (unpaired) electrons. The van der Waals surface area contributed by atoms with Crippen LogP contribution in [-0.2, 0) is 11.2 Å². The minimum atomic E-state index is -0.334. The molecule has 2 atom stereocenters. The molecule has 1 aliphatic rings. The molecule has 1 aromatic heterocycles. The van der Waals surface area contributed by atoms with Gasteiger partial charge >= 0.3 is 0 Å². The SMILES string of the molecule is CC(=O)N1CCc2cc(C(=O)[C@H](C)NC[C@H](c3ccccc3)c3c[nH]c4ccccc34)ccc21. The van der Waals surface area contributed by atoms with Gasteiger partial charge in [-0.1, -0.05) is 48.5 Å². The van der Waals surface area contributed by atoms with Crippen molar-refractivity contribution in [3.63, 3.8) is 0 Å². The van der Waals surface area contributed by atoms with Gasteiger partial charge in [0.25, 0.3) is 0 Å². The third kappa shape index (κ3) is 4.15. The fourth-order valence-electron chi connectivity index (χ4n) is 4.99. The molecular weight excluding hydrogens is 422 g/mol. The van der Waals surface area contributed by atoms with Crippen LogP contribution in [0.5, 0.6) is 0 Å². The van der Waals surface area contributed by atoms with Crippen molar-refractivity contribution in [1.29, 1.82) is 0 Å². The number of aromatic nitrogens is 1. The van der Waals surface area contributed by atoms with E-state index < -0.39 is 0 Å². The lowest BCUT2D eigenvalue weighted by Gasteiger charge is -2.21. The lowest BCUT2D eigenvalue weighted by Crippen LogP contribution is -2.37. The van der Waals surface area contributed by atoms with Crippen LogP contribution in [0.3, 0.4) is 0 Å². The smallest absolute Gasteiger partial charge is 0.223 e. The summed E-state index contributed by atoms with van der Waals surface area (Å²) < 4.78 is 0. The zero-order chi connectivity index (χ0) is 23.7. The Morgan fingerprint density at radius 3 is 2.59 bits per heavy atom. The number of aromatic amines is 1. The third-order valence-electron chi connectivity index (χ3n) is 6.86. The molecule has 0 fully saturated rings. The molecular formula is C29H29N3O2. The molecule has 0 bridgehead atoms. The van der Waals surface area contributed by atoms with Crippen molar-refractivity contribution in [3.05, 3.63) is 101 Å². The number of rotatable bonds is 7. The normalized spacial score (nSPS) is 14.7. The molecule has 4 aromatic rings. The number of benzene rings is 3. The Kier molecular flexibility index (Phi) is 6.03. The van der Waals surface area contributed by atoms with Crippen LogP contribution in [0.25, 0.3) is 10.9 Å². The molecule has 0 spiro atoms. The summed E-state index contributed by atoms with van der Waals surface area (Å²) in [4.78, 5) is 30.2. The van der Waals surface area contributed by atoms with E-state index in [4.69, 9.17) is 0 Å². The first kappa shape index (κ1) is 22.1. The third-order valence-corrected chi connectivity index (χ3v) is 6.86. The number of nitrogens with zero attached hydrogens (tertiary/aromatic N) is 1. The second-order valence-electron chi connectivity index (χ2n) is 9.01. The number of carbonyl (C=O) groups excluding carboxylic acids is 2. The molecule has 0 unspecified atom stereocenters. The molecule has 172 valence electrons. The minimum Gasteiger partial charge on any atom is -0.361 e. The molecule has 1 amide bonds. The van der Waals surface area contributed by atoms with Crippen molar-refractivity contribution in [3.8, 4) is 0 Å². The van der Waals surface area contributed by atoms with Gasteiger partial charge in [0.1, 0.15) is 0 Å². The fraction of sp³-hybridized carbons (Fsp3) is 0.241. The van der Waals surface area contributed by atoms with Gasteiger partial charge in [-0.2, -0.15) is 0 Å². The summed E-state index contributed by atoms with van der Waals surface area (Å²) in [6, 6.07) is 24.1. The summed E-state index contributed by atoms with van der Waals surface area (Å²) >= 11 is 0. The maximum Gasteiger partial charge on any atom is 0.223 e.